The van der Waals surface area contributed by atoms with Crippen molar-refractivity contribution in [2.45, 2.75) is 50.8 Å². The number of rotatable bonds is 8. The maximum Gasteiger partial charge on any atom is 0.327 e. The van der Waals surface area contributed by atoms with Gasteiger partial charge in [0.15, 0.2) is 0 Å². The van der Waals surface area contributed by atoms with Crippen LogP contribution in [0.5, 0.6) is 0 Å². The zero-order valence-corrected chi connectivity index (χ0v) is 23.8. The van der Waals surface area contributed by atoms with Gasteiger partial charge in [-0.1, -0.05) is 24.1 Å². The van der Waals surface area contributed by atoms with Crippen LogP contribution in [0.4, 0.5) is 0 Å². The van der Waals surface area contributed by atoms with Crippen molar-refractivity contribution in [2.75, 3.05) is 39.3 Å². The molecule has 9 nitrogen and oxygen atoms in total. The van der Waals surface area contributed by atoms with E-state index in [1.807, 2.05) is 12.1 Å². The van der Waals surface area contributed by atoms with Crippen molar-refractivity contribution >= 4 is 17.0 Å². The first-order chi connectivity index (χ1) is 16.9. The second kappa shape index (κ2) is 13.6. The number of hydrogen-bond donors (Lipinski definition) is 2. The van der Waals surface area contributed by atoms with Crippen LogP contribution in [-0.4, -0.2) is 70.5 Å². The molecule has 1 aromatic carbocycles. The number of carboxylic acids is 1. The summed E-state index contributed by atoms with van der Waals surface area (Å²) in [5, 5.41) is 12.4. The van der Waals surface area contributed by atoms with E-state index in [0.29, 0.717) is 23.2 Å². The molecule has 10 heteroatoms. The summed E-state index contributed by atoms with van der Waals surface area (Å²) in [5.41, 5.74) is 9.92. The van der Waals surface area contributed by atoms with E-state index in [1.54, 1.807) is 13.1 Å². The number of fused-ring (bicyclic) bond motifs is 1. The second-order valence-corrected chi connectivity index (χ2v) is 9.64. The van der Waals surface area contributed by atoms with Crippen LogP contribution in [0.3, 0.4) is 0 Å². The largest absolute Gasteiger partial charge is 0.657 e. The average Bonchev–Trinajstić information content (AvgIpc) is 3.12. The van der Waals surface area contributed by atoms with Gasteiger partial charge in [-0.2, -0.15) is 0 Å². The van der Waals surface area contributed by atoms with Crippen LogP contribution >= 0.6 is 0 Å². The number of hydrogen-bond acceptors (Lipinski definition) is 5. The Hall–Kier alpha value is -1.95. The van der Waals surface area contributed by atoms with E-state index in [9.17, 15) is 9.59 Å². The van der Waals surface area contributed by atoms with E-state index in [2.05, 4.69) is 22.1 Å². The summed E-state index contributed by atoms with van der Waals surface area (Å²) in [6, 6.07) is 5.44. The van der Waals surface area contributed by atoms with Crippen molar-refractivity contribution in [2.24, 2.45) is 13.0 Å². The van der Waals surface area contributed by atoms with E-state index < -0.39 is 12.1 Å². The van der Waals surface area contributed by atoms with Crippen LogP contribution in [0.1, 0.15) is 50.3 Å². The Labute approximate surface area is 226 Å². The third-order valence-electron chi connectivity index (χ3n) is 7.17. The van der Waals surface area contributed by atoms with Crippen LogP contribution in [0.2, 0.25) is 0 Å². The molecule has 0 bridgehead atoms. The molecule has 0 spiro atoms. The zero-order valence-electron chi connectivity index (χ0n) is 20.9. The maximum atomic E-state index is 12.8. The number of para-hydroxylation sites is 1. The zero-order chi connectivity index (χ0) is 24.8. The number of aromatic nitrogens is 2. The van der Waals surface area contributed by atoms with Gasteiger partial charge in [-0.05, 0) is 63.2 Å². The van der Waals surface area contributed by atoms with Crippen molar-refractivity contribution in [1.82, 2.24) is 19.4 Å². The van der Waals surface area contributed by atoms with Gasteiger partial charge in [0.05, 0.1) is 22.7 Å². The predicted octanol–water partition coefficient (Wildman–Crippen LogP) is 2.59. The van der Waals surface area contributed by atoms with Crippen molar-refractivity contribution in [3.05, 3.63) is 40.0 Å². The van der Waals surface area contributed by atoms with Gasteiger partial charge in [0.2, 0.25) is 0 Å². The molecule has 2 aromatic rings. The van der Waals surface area contributed by atoms with E-state index >= 15 is 0 Å². The first-order valence-electron chi connectivity index (χ1n) is 12.6. The molecule has 1 unspecified atom stereocenters. The van der Waals surface area contributed by atoms with Crippen molar-refractivity contribution in [3.63, 3.8) is 0 Å². The summed E-state index contributed by atoms with van der Waals surface area (Å²) in [6.07, 6.45) is 3.78. The average molecular weight is 666 g/mol. The Morgan fingerprint density at radius 1 is 1.25 bits per heavy atom. The fraction of sp³-hybridized carbons (Fsp3) is 0.615. The first-order valence-corrected chi connectivity index (χ1v) is 12.6. The Kier molecular flexibility index (Phi) is 10.8. The van der Waals surface area contributed by atoms with Crippen molar-refractivity contribution in [3.8, 4) is 11.8 Å². The van der Waals surface area contributed by atoms with E-state index in [-0.39, 0.29) is 45.7 Å². The molecule has 2 saturated heterocycles. The molecular weight excluding hydrogens is 630 g/mol. The number of ether oxygens (including phenoxy) is 1. The molecule has 0 radical (unpaired) electrons. The molecule has 2 aliphatic rings. The third-order valence-corrected chi connectivity index (χ3v) is 7.17. The number of piperidine rings is 2. The number of carboxylic acid groups (broad SMARTS) is 1. The Balaban J connectivity index is 0.00000361. The number of aryl methyl sites for hydroxylation is 1. The summed E-state index contributed by atoms with van der Waals surface area (Å²) >= 11 is 0. The van der Waals surface area contributed by atoms with Crippen molar-refractivity contribution in [1.29, 1.82) is 0 Å². The molecular formula is C26H36N5O4W-. The third kappa shape index (κ3) is 7.08. The minimum Gasteiger partial charge on any atom is -0.657 e. The quantitative estimate of drug-likeness (QED) is 0.420. The maximum absolute atomic E-state index is 12.8. The van der Waals surface area contributed by atoms with Gasteiger partial charge in [-0.3, -0.25) is 9.36 Å². The Bertz CT molecular complexity index is 1140. The number of aliphatic carboxylic acids is 1. The van der Waals surface area contributed by atoms with E-state index in [0.717, 1.165) is 44.9 Å². The van der Waals surface area contributed by atoms with E-state index in [4.69, 9.17) is 15.6 Å². The molecule has 3 N–H and O–H groups in total. The Morgan fingerprint density at radius 3 is 2.67 bits per heavy atom. The van der Waals surface area contributed by atoms with Gasteiger partial charge in [0.1, 0.15) is 6.61 Å². The summed E-state index contributed by atoms with van der Waals surface area (Å²) < 4.78 is 8.87. The van der Waals surface area contributed by atoms with Gasteiger partial charge in [-0.25, -0.2) is 4.79 Å². The smallest absolute Gasteiger partial charge is 0.327 e. The van der Waals surface area contributed by atoms with Gasteiger partial charge in [-0.15, -0.1) is 0 Å². The molecule has 4 rings (SSSR count). The molecule has 196 valence electrons. The van der Waals surface area contributed by atoms with Gasteiger partial charge < -0.3 is 30.4 Å². The molecule has 3 heterocycles. The normalized spacial score (nSPS) is 18.4. The topological polar surface area (TPSA) is 113 Å². The first kappa shape index (κ1) is 28.6. The molecule has 36 heavy (non-hydrogen) atoms. The monoisotopic (exact) mass is 666 g/mol. The van der Waals surface area contributed by atoms with Gasteiger partial charge in [0.25, 0.3) is 0 Å². The standard InChI is InChI=1S/C26H36N5O4.W/c1-29-25-20(4-2-6-22(25)31(26(29)34)23(27)7-8-24(32)33)5-3-17-35-21-11-15-30(16-12-21)18-19-9-13-28-14-10-19;/h2,4,6,19,21,23,27-28H,7-18H2,1H3,(H,32,33);/q-1;. The Morgan fingerprint density at radius 2 is 1.97 bits per heavy atom. The minimum absolute atomic E-state index is 0. The molecule has 0 amide bonds. The molecule has 0 saturated carbocycles. The molecule has 2 fully saturated rings. The molecule has 1 aromatic heterocycles. The fourth-order valence-electron chi connectivity index (χ4n) is 5.21. The van der Waals surface area contributed by atoms with Crippen LogP contribution in [0.15, 0.2) is 23.0 Å². The number of benzene rings is 1. The summed E-state index contributed by atoms with van der Waals surface area (Å²) in [5.74, 6) is 6.08. The molecule has 2 aliphatic heterocycles. The number of likely N-dealkylation sites (tertiary alicyclic amines) is 1. The predicted molar refractivity (Wildman–Crippen MR) is 135 cm³/mol. The van der Waals surface area contributed by atoms with Crippen LogP contribution in [0, 0.1) is 17.8 Å². The fourth-order valence-corrected chi connectivity index (χ4v) is 5.21. The number of imidazole rings is 1. The summed E-state index contributed by atoms with van der Waals surface area (Å²) in [4.78, 5) is 26.3. The van der Waals surface area contributed by atoms with Gasteiger partial charge in [0, 0.05) is 54.2 Å². The van der Waals surface area contributed by atoms with Crippen LogP contribution in [0.25, 0.3) is 16.8 Å². The molecule has 1 atom stereocenters. The number of nitrogens with one attached hydrogen (secondary N) is 2. The molecule has 0 aliphatic carbocycles. The minimum atomic E-state index is -0.977. The number of carbonyl (C=O) groups is 1. The van der Waals surface area contributed by atoms with E-state index in [1.165, 1.54) is 28.5 Å². The SMILES string of the molecule is Cn1c(=O)n(C([NH-])CCC(=O)O)c2cccc(C#CCOC3CCN(CC4CCNCC4)CC3)c21.[W]. The van der Waals surface area contributed by atoms with Crippen LogP contribution in [-0.2, 0) is 37.6 Å². The summed E-state index contributed by atoms with van der Waals surface area (Å²) in [6.45, 7) is 5.98. The second-order valence-electron chi connectivity index (χ2n) is 9.64. The summed E-state index contributed by atoms with van der Waals surface area (Å²) in [7, 11) is 1.66. The number of nitrogens with zero attached hydrogens (tertiary/aromatic N) is 3. The van der Waals surface area contributed by atoms with Gasteiger partial charge >= 0.3 is 11.7 Å². The van der Waals surface area contributed by atoms with Crippen LogP contribution < -0.4 is 11.0 Å². The van der Waals surface area contributed by atoms with Crippen molar-refractivity contribution < 1.29 is 35.7 Å².